The van der Waals surface area contributed by atoms with E-state index in [1.807, 2.05) is 6.26 Å². The summed E-state index contributed by atoms with van der Waals surface area (Å²) in [6.45, 7) is 1.04. The van der Waals surface area contributed by atoms with Gasteiger partial charge in [0.05, 0.1) is 12.2 Å². The highest BCUT2D eigenvalue weighted by molar-refractivity contribution is 7.98. The van der Waals surface area contributed by atoms with Gasteiger partial charge in [-0.3, -0.25) is 4.79 Å². The number of thioether (sulfide) groups is 1. The molecule has 0 spiro atoms. The van der Waals surface area contributed by atoms with E-state index in [0.29, 0.717) is 41.6 Å². The maximum atomic E-state index is 12.6. The van der Waals surface area contributed by atoms with Crippen LogP contribution in [0.15, 0.2) is 29.7 Å². The van der Waals surface area contributed by atoms with E-state index in [-0.39, 0.29) is 12.5 Å². The Morgan fingerprint density at radius 1 is 1.36 bits per heavy atom. The van der Waals surface area contributed by atoms with E-state index in [1.165, 1.54) is 18.2 Å². The van der Waals surface area contributed by atoms with Crippen molar-refractivity contribution in [3.8, 4) is 0 Å². The van der Waals surface area contributed by atoms with Crippen LogP contribution in [0.4, 0.5) is 0 Å². The van der Waals surface area contributed by atoms with E-state index in [2.05, 4.69) is 22.1 Å². The number of hydrogen-bond donors (Lipinski definition) is 1. The Bertz CT molecular complexity index is 561. The molecule has 1 amide bonds. The van der Waals surface area contributed by atoms with Crippen LogP contribution in [0.25, 0.3) is 0 Å². The Kier molecular flexibility index (Phi) is 4.78. The minimum Gasteiger partial charge on any atom is -0.395 e. The summed E-state index contributed by atoms with van der Waals surface area (Å²) in [7, 11) is 0. The zero-order valence-electron chi connectivity index (χ0n) is 12.7. The maximum Gasteiger partial charge on any atom is 0.257 e. The number of amides is 1. The van der Waals surface area contributed by atoms with Gasteiger partial charge in [0.2, 0.25) is 0 Å². The smallest absolute Gasteiger partial charge is 0.257 e. The van der Waals surface area contributed by atoms with Gasteiger partial charge >= 0.3 is 0 Å². The summed E-state index contributed by atoms with van der Waals surface area (Å²) < 4.78 is 0. The van der Waals surface area contributed by atoms with Crippen LogP contribution < -0.4 is 0 Å². The molecule has 1 N–H and O–H groups in total. The number of allylic oxidation sites excluding steroid dienone is 2. The fourth-order valence-corrected chi connectivity index (χ4v) is 3.81. The minimum absolute atomic E-state index is 0.0217. The van der Waals surface area contributed by atoms with Crippen LogP contribution in [0, 0.1) is 17.8 Å². The molecule has 3 rings (SSSR count). The Hall–Kier alpha value is -1.40. The van der Waals surface area contributed by atoms with E-state index < -0.39 is 0 Å². The molecule has 22 heavy (non-hydrogen) atoms. The predicted molar refractivity (Wildman–Crippen MR) is 85.6 cm³/mol. The number of carbonyl (C=O) groups is 1. The number of carbonyl (C=O) groups excluding carboxylic acids is 1. The average molecular weight is 319 g/mol. The van der Waals surface area contributed by atoms with Gasteiger partial charge < -0.3 is 10.0 Å². The summed E-state index contributed by atoms with van der Waals surface area (Å²) in [5.74, 6) is 1.70. The monoisotopic (exact) mass is 319 g/mol. The summed E-state index contributed by atoms with van der Waals surface area (Å²) in [6, 6.07) is 0. The topological polar surface area (TPSA) is 66.3 Å². The van der Waals surface area contributed by atoms with Gasteiger partial charge in [0.25, 0.3) is 5.91 Å². The number of aliphatic hydroxyl groups is 1. The fourth-order valence-electron chi connectivity index (χ4n) is 3.50. The third-order valence-electron chi connectivity index (χ3n) is 4.59. The van der Waals surface area contributed by atoms with Crippen LogP contribution in [0.3, 0.4) is 0 Å². The lowest BCUT2D eigenvalue weighted by Crippen LogP contribution is -2.38. The molecular weight excluding hydrogens is 298 g/mol. The summed E-state index contributed by atoms with van der Waals surface area (Å²) >= 11 is 1.45. The summed E-state index contributed by atoms with van der Waals surface area (Å²) in [6.07, 6.45) is 12.0. The van der Waals surface area contributed by atoms with E-state index in [9.17, 15) is 9.90 Å². The highest BCUT2D eigenvalue weighted by Crippen LogP contribution is 2.43. The van der Waals surface area contributed by atoms with E-state index >= 15 is 0 Å². The molecule has 2 aliphatic carbocycles. The number of hydrogen-bond acceptors (Lipinski definition) is 5. The van der Waals surface area contributed by atoms with Crippen molar-refractivity contribution in [1.29, 1.82) is 0 Å². The Balaban J connectivity index is 1.69. The molecule has 0 saturated heterocycles. The normalized spacial score (nSPS) is 25.6. The SMILES string of the molecule is CSc1ncc(C(=O)N(CCO)C[C@H]2C[C@H]3C=C[C@H]2C3)cn1. The zero-order chi connectivity index (χ0) is 15.5. The lowest BCUT2D eigenvalue weighted by Gasteiger charge is -2.28. The third kappa shape index (κ3) is 3.17. The van der Waals surface area contributed by atoms with Crippen molar-refractivity contribution in [3.05, 3.63) is 30.1 Å². The average Bonchev–Trinajstić information content (AvgIpc) is 3.17. The van der Waals surface area contributed by atoms with Crippen LogP contribution in [0.5, 0.6) is 0 Å². The fraction of sp³-hybridized carbons (Fsp3) is 0.562. The van der Waals surface area contributed by atoms with Crippen LogP contribution >= 0.6 is 11.8 Å². The van der Waals surface area contributed by atoms with Gasteiger partial charge in [-0.15, -0.1) is 0 Å². The molecule has 1 heterocycles. The lowest BCUT2D eigenvalue weighted by atomic mass is 9.93. The highest BCUT2D eigenvalue weighted by atomic mass is 32.2. The van der Waals surface area contributed by atoms with Gasteiger partial charge in [0, 0.05) is 25.5 Å². The Labute approximate surface area is 134 Å². The van der Waals surface area contributed by atoms with Gasteiger partial charge in [-0.25, -0.2) is 9.97 Å². The largest absolute Gasteiger partial charge is 0.395 e. The highest BCUT2D eigenvalue weighted by Gasteiger charge is 2.37. The molecule has 1 fully saturated rings. The molecule has 1 saturated carbocycles. The Morgan fingerprint density at radius 3 is 2.68 bits per heavy atom. The first kappa shape index (κ1) is 15.5. The number of aliphatic hydroxyl groups excluding tert-OH is 1. The van der Waals surface area contributed by atoms with E-state index in [0.717, 1.165) is 6.42 Å². The van der Waals surface area contributed by atoms with Crippen molar-refractivity contribution in [2.45, 2.75) is 18.0 Å². The van der Waals surface area contributed by atoms with Crippen molar-refractivity contribution in [2.24, 2.45) is 17.8 Å². The first-order chi connectivity index (χ1) is 10.7. The van der Waals surface area contributed by atoms with Crippen molar-refractivity contribution >= 4 is 17.7 Å². The molecule has 0 radical (unpaired) electrons. The molecule has 2 bridgehead atoms. The molecule has 0 unspecified atom stereocenters. The van der Waals surface area contributed by atoms with E-state index in [4.69, 9.17) is 0 Å². The van der Waals surface area contributed by atoms with Gasteiger partial charge in [0.1, 0.15) is 0 Å². The predicted octanol–water partition coefficient (Wildman–Crippen LogP) is 1.85. The molecule has 2 aliphatic rings. The van der Waals surface area contributed by atoms with E-state index in [1.54, 1.807) is 17.3 Å². The Morgan fingerprint density at radius 2 is 2.14 bits per heavy atom. The molecule has 1 aromatic heterocycles. The van der Waals surface area contributed by atoms with Crippen LogP contribution in [-0.2, 0) is 0 Å². The second-order valence-corrected chi connectivity index (χ2v) is 6.75. The molecule has 118 valence electrons. The first-order valence-corrected chi connectivity index (χ1v) is 8.88. The minimum atomic E-state index is -0.0894. The maximum absolute atomic E-state index is 12.6. The zero-order valence-corrected chi connectivity index (χ0v) is 13.5. The molecule has 0 aliphatic heterocycles. The van der Waals surface area contributed by atoms with Crippen molar-refractivity contribution in [2.75, 3.05) is 26.0 Å². The number of rotatable bonds is 6. The van der Waals surface area contributed by atoms with Gasteiger partial charge in [-0.05, 0) is 36.9 Å². The van der Waals surface area contributed by atoms with Crippen molar-refractivity contribution in [3.63, 3.8) is 0 Å². The summed E-state index contributed by atoms with van der Waals surface area (Å²) in [5.41, 5.74) is 0.491. The third-order valence-corrected chi connectivity index (χ3v) is 5.16. The van der Waals surface area contributed by atoms with Crippen molar-refractivity contribution in [1.82, 2.24) is 14.9 Å². The van der Waals surface area contributed by atoms with Crippen LogP contribution in [0.2, 0.25) is 0 Å². The number of nitrogens with zero attached hydrogens (tertiary/aromatic N) is 3. The molecule has 6 heteroatoms. The standard InChI is InChI=1S/C16H21N3O2S/c1-22-16-17-8-14(9-18-16)15(21)19(4-5-20)10-13-7-11-2-3-12(13)6-11/h2-3,8-9,11-13,20H,4-7,10H2,1H3/t11-,12-,13+/m0/s1. The van der Waals surface area contributed by atoms with Crippen molar-refractivity contribution < 1.29 is 9.90 Å². The van der Waals surface area contributed by atoms with Gasteiger partial charge in [-0.1, -0.05) is 23.9 Å². The van der Waals surface area contributed by atoms with Gasteiger partial charge in [-0.2, -0.15) is 0 Å². The van der Waals surface area contributed by atoms with Gasteiger partial charge in [0.15, 0.2) is 5.16 Å². The molecule has 1 aromatic rings. The molecular formula is C16H21N3O2S. The van der Waals surface area contributed by atoms with Crippen LogP contribution in [-0.4, -0.2) is 51.8 Å². The quantitative estimate of drug-likeness (QED) is 0.492. The van der Waals surface area contributed by atoms with Crippen LogP contribution in [0.1, 0.15) is 23.2 Å². The molecule has 5 nitrogen and oxygen atoms in total. The molecule has 0 aromatic carbocycles. The molecule has 3 atom stereocenters. The lowest BCUT2D eigenvalue weighted by molar-refractivity contribution is 0.0680. The first-order valence-electron chi connectivity index (χ1n) is 7.65. The number of aromatic nitrogens is 2. The summed E-state index contributed by atoms with van der Waals surface area (Å²) in [4.78, 5) is 22.7. The second-order valence-electron chi connectivity index (χ2n) is 5.97. The summed E-state index contributed by atoms with van der Waals surface area (Å²) in [5, 5.41) is 9.93. The second kappa shape index (κ2) is 6.79. The number of fused-ring (bicyclic) bond motifs is 2.